The second-order valence-electron chi connectivity index (χ2n) is 3.24. The summed E-state index contributed by atoms with van der Waals surface area (Å²) in [5, 5.41) is 3.40. The Hall–Kier alpha value is -0.990. The molecule has 0 atom stereocenters. The molecule has 2 nitrogen and oxygen atoms in total. The van der Waals surface area contributed by atoms with Crippen molar-refractivity contribution in [2.24, 2.45) is 0 Å². The fraction of sp³-hybridized carbons (Fsp3) is 0.250. The molecule has 0 unspecified atom stereocenters. The van der Waals surface area contributed by atoms with Crippen molar-refractivity contribution in [1.29, 1.82) is 0 Å². The molecule has 1 amide bonds. The zero-order chi connectivity index (χ0) is 11.8. The van der Waals surface area contributed by atoms with Crippen LogP contribution < -0.4 is 5.32 Å². The summed E-state index contributed by atoms with van der Waals surface area (Å²) in [7, 11) is 0. The van der Waals surface area contributed by atoms with Crippen molar-refractivity contribution < 1.29 is 4.79 Å². The van der Waals surface area contributed by atoms with Gasteiger partial charge in [0.15, 0.2) is 0 Å². The molecule has 0 aliphatic carbocycles. The second kappa shape index (κ2) is 7.31. The first-order chi connectivity index (χ1) is 7.72. The summed E-state index contributed by atoms with van der Waals surface area (Å²) in [6.07, 6.45) is 3.96. The lowest BCUT2D eigenvalue weighted by Gasteiger charge is -2.02. The van der Waals surface area contributed by atoms with E-state index in [0.29, 0.717) is 23.9 Å². The topological polar surface area (TPSA) is 29.1 Å². The van der Waals surface area contributed by atoms with E-state index in [4.69, 9.17) is 23.2 Å². The molecule has 1 aromatic rings. The molecule has 1 N–H and O–H groups in total. The van der Waals surface area contributed by atoms with Crippen molar-refractivity contribution in [1.82, 2.24) is 5.32 Å². The smallest absolute Gasteiger partial charge is 0.224 e. The van der Waals surface area contributed by atoms with Gasteiger partial charge in [-0.05, 0) is 17.7 Å². The van der Waals surface area contributed by atoms with Crippen LogP contribution in [-0.2, 0) is 11.2 Å². The van der Waals surface area contributed by atoms with Gasteiger partial charge in [-0.25, -0.2) is 0 Å². The number of alkyl halides is 1. The first kappa shape index (κ1) is 13.1. The monoisotopic (exact) mass is 257 g/mol. The zero-order valence-electron chi connectivity index (χ0n) is 8.75. The molecule has 1 aromatic carbocycles. The third-order valence-electron chi connectivity index (χ3n) is 1.93. The van der Waals surface area contributed by atoms with Gasteiger partial charge in [-0.2, -0.15) is 0 Å². The average Bonchev–Trinajstić information content (AvgIpc) is 2.24. The minimum Gasteiger partial charge on any atom is -0.352 e. The van der Waals surface area contributed by atoms with Crippen molar-refractivity contribution in [2.75, 3.05) is 12.4 Å². The van der Waals surface area contributed by atoms with E-state index in [1.807, 2.05) is 18.2 Å². The third-order valence-corrected chi connectivity index (χ3v) is 2.34. The number of nitrogens with one attached hydrogen (secondary N) is 1. The normalized spacial score (nSPS) is 10.6. The number of amides is 1. The summed E-state index contributed by atoms with van der Waals surface area (Å²) in [4.78, 5) is 11.5. The van der Waals surface area contributed by atoms with Crippen molar-refractivity contribution >= 4 is 29.1 Å². The minimum absolute atomic E-state index is 0.0264. The quantitative estimate of drug-likeness (QED) is 0.638. The highest BCUT2D eigenvalue weighted by Gasteiger charge is 2.01. The van der Waals surface area contributed by atoms with E-state index < -0.39 is 0 Å². The van der Waals surface area contributed by atoms with Gasteiger partial charge >= 0.3 is 0 Å². The van der Waals surface area contributed by atoms with E-state index in [0.717, 1.165) is 5.56 Å². The highest BCUT2D eigenvalue weighted by Crippen LogP contribution is 2.10. The summed E-state index contributed by atoms with van der Waals surface area (Å²) in [6, 6.07) is 7.28. The predicted octanol–water partition coefficient (Wildman–Crippen LogP) is 2.79. The molecule has 0 spiro atoms. The molecular weight excluding hydrogens is 245 g/mol. The molecule has 0 radical (unpaired) electrons. The lowest BCUT2D eigenvalue weighted by Crippen LogP contribution is -2.25. The first-order valence-electron chi connectivity index (χ1n) is 4.94. The Morgan fingerprint density at radius 2 is 2.19 bits per heavy atom. The lowest BCUT2D eigenvalue weighted by atomic mass is 10.1. The Morgan fingerprint density at radius 1 is 1.38 bits per heavy atom. The van der Waals surface area contributed by atoms with Crippen LogP contribution in [0.25, 0.3) is 0 Å². The van der Waals surface area contributed by atoms with Gasteiger partial charge in [0, 0.05) is 17.4 Å². The van der Waals surface area contributed by atoms with Crippen LogP contribution in [0, 0.1) is 0 Å². The number of hydrogen-bond acceptors (Lipinski definition) is 1. The summed E-state index contributed by atoms with van der Waals surface area (Å²) in [5.41, 5.74) is 0.909. The highest BCUT2D eigenvalue weighted by molar-refractivity contribution is 6.30. The number of hydrogen-bond donors (Lipinski definition) is 1. The standard InChI is InChI=1S/C12H13Cl2NO/c13-6-1-2-7-15-12(16)9-10-4-3-5-11(14)8-10/h1-5,8H,6-7,9H2,(H,15,16)/b2-1+. The summed E-state index contributed by atoms with van der Waals surface area (Å²) < 4.78 is 0. The first-order valence-corrected chi connectivity index (χ1v) is 5.85. The molecule has 1 rings (SSSR count). The second-order valence-corrected chi connectivity index (χ2v) is 3.98. The maximum Gasteiger partial charge on any atom is 0.224 e. The number of carbonyl (C=O) groups excluding carboxylic acids is 1. The van der Waals surface area contributed by atoms with Crippen LogP contribution in [-0.4, -0.2) is 18.3 Å². The van der Waals surface area contributed by atoms with Crippen LogP contribution in [0.5, 0.6) is 0 Å². The molecule has 0 aliphatic heterocycles. The molecule has 4 heteroatoms. The number of halogens is 2. The molecule has 0 aliphatic rings. The largest absolute Gasteiger partial charge is 0.352 e. The molecule has 0 aromatic heterocycles. The van der Waals surface area contributed by atoms with Gasteiger partial charge < -0.3 is 5.32 Å². The van der Waals surface area contributed by atoms with Gasteiger partial charge in [-0.3, -0.25) is 4.79 Å². The molecule has 0 bridgehead atoms. The van der Waals surface area contributed by atoms with Crippen LogP contribution in [0.3, 0.4) is 0 Å². The molecular formula is C12H13Cl2NO. The molecule has 0 heterocycles. The number of rotatable bonds is 5. The van der Waals surface area contributed by atoms with Crippen LogP contribution in [0.4, 0.5) is 0 Å². The van der Waals surface area contributed by atoms with E-state index in [1.54, 1.807) is 18.2 Å². The average molecular weight is 258 g/mol. The molecule has 16 heavy (non-hydrogen) atoms. The fourth-order valence-corrected chi connectivity index (χ4v) is 1.55. The van der Waals surface area contributed by atoms with Crippen molar-refractivity contribution in [3.05, 3.63) is 47.0 Å². The SMILES string of the molecule is O=C(Cc1cccc(Cl)c1)NC/C=C/CCl. The maximum atomic E-state index is 11.5. The number of benzene rings is 1. The Balaban J connectivity index is 2.37. The zero-order valence-corrected chi connectivity index (χ0v) is 10.3. The minimum atomic E-state index is -0.0264. The Labute approximate surface area is 105 Å². The van der Waals surface area contributed by atoms with E-state index in [1.165, 1.54) is 0 Å². The van der Waals surface area contributed by atoms with Crippen molar-refractivity contribution in [2.45, 2.75) is 6.42 Å². The third kappa shape index (κ3) is 5.19. The summed E-state index contributed by atoms with van der Waals surface area (Å²) in [5.74, 6) is 0.436. The lowest BCUT2D eigenvalue weighted by molar-refractivity contribution is -0.120. The van der Waals surface area contributed by atoms with Gasteiger partial charge in [0.05, 0.1) is 6.42 Å². The number of allylic oxidation sites excluding steroid dienone is 1. The Morgan fingerprint density at radius 3 is 2.88 bits per heavy atom. The van der Waals surface area contributed by atoms with Gasteiger partial charge in [0.25, 0.3) is 0 Å². The molecule has 0 saturated heterocycles. The van der Waals surface area contributed by atoms with Gasteiger partial charge in [-0.15, -0.1) is 11.6 Å². The van der Waals surface area contributed by atoms with E-state index >= 15 is 0 Å². The van der Waals surface area contributed by atoms with Gasteiger partial charge in [0.1, 0.15) is 0 Å². The van der Waals surface area contributed by atoms with Crippen molar-refractivity contribution in [3.8, 4) is 0 Å². The predicted molar refractivity (Wildman–Crippen MR) is 68.0 cm³/mol. The van der Waals surface area contributed by atoms with Crippen LogP contribution in [0.1, 0.15) is 5.56 Å². The maximum absolute atomic E-state index is 11.5. The molecule has 86 valence electrons. The van der Waals surface area contributed by atoms with E-state index in [9.17, 15) is 4.79 Å². The molecule has 0 fully saturated rings. The van der Waals surface area contributed by atoms with Crippen molar-refractivity contribution in [3.63, 3.8) is 0 Å². The van der Waals surface area contributed by atoms with E-state index in [-0.39, 0.29) is 5.91 Å². The Bertz CT molecular complexity index is 377. The van der Waals surface area contributed by atoms with Gasteiger partial charge in [0.2, 0.25) is 5.91 Å². The van der Waals surface area contributed by atoms with Gasteiger partial charge in [-0.1, -0.05) is 35.9 Å². The van der Waals surface area contributed by atoms with Crippen LogP contribution >= 0.6 is 23.2 Å². The molecule has 0 saturated carbocycles. The van der Waals surface area contributed by atoms with E-state index in [2.05, 4.69) is 5.32 Å². The van der Waals surface area contributed by atoms with Crippen LogP contribution in [0.2, 0.25) is 5.02 Å². The summed E-state index contributed by atoms with van der Waals surface area (Å²) >= 11 is 11.3. The van der Waals surface area contributed by atoms with Crippen LogP contribution in [0.15, 0.2) is 36.4 Å². The fourth-order valence-electron chi connectivity index (χ4n) is 1.21. The Kier molecular flexibility index (Phi) is 5.98. The summed E-state index contributed by atoms with van der Waals surface area (Å²) in [6.45, 7) is 0.506. The highest BCUT2D eigenvalue weighted by atomic mass is 35.5. The number of carbonyl (C=O) groups is 1.